The molecular formula is C10H16N2OS. The Hall–Kier alpha value is -0.610. The van der Waals surface area contributed by atoms with Gasteiger partial charge in [-0.1, -0.05) is 11.8 Å². The van der Waals surface area contributed by atoms with Crippen molar-refractivity contribution in [3.05, 3.63) is 17.0 Å². The maximum atomic E-state index is 8.64. The third-order valence-corrected chi connectivity index (χ3v) is 3.08. The molecule has 1 rings (SSSR count). The van der Waals surface area contributed by atoms with Crippen molar-refractivity contribution in [2.75, 3.05) is 12.4 Å². The highest BCUT2D eigenvalue weighted by atomic mass is 32.2. The smallest absolute Gasteiger partial charge is 0.187 e. The summed E-state index contributed by atoms with van der Waals surface area (Å²) >= 11 is 1.60. The van der Waals surface area contributed by atoms with Gasteiger partial charge in [-0.25, -0.2) is 9.97 Å². The van der Waals surface area contributed by atoms with Crippen LogP contribution in [0.3, 0.4) is 0 Å². The third-order valence-electron chi connectivity index (χ3n) is 2.15. The number of aliphatic hydroxyl groups excluding tert-OH is 1. The Morgan fingerprint density at radius 1 is 1.14 bits per heavy atom. The van der Waals surface area contributed by atoms with Gasteiger partial charge in [-0.2, -0.15) is 0 Å². The molecule has 0 radical (unpaired) electrons. The zero-order valence-electron chi connectivity index (χ0n) is 8.87. The Bertz CT molecular complexity index is 292. The summed E-state index contributed by atoms with van der Waals surface area (Å²) in [5.41, 5.74) is 3.25. The minimum absolute atomic E-state index is 0.233. The number of thioether (sulfide) groups is 1. The van der Waals surface area contributed by atoms with Crippen molar-refractivity contribution < 1.29 is 5.11 Å². The predicted molar refractivity (Wildman–Crippen MR) is 58.7 cm³/mol. The average Bonchev–Trinajstić information content (AvgIpc) is 2.14. The molecule has 0 unspecified atom stereocenters. The molecule has 0 aliphatic rings. The molecule has 1 N–H and O–H groups in total. The number of hydrogen-bond donors (Lipinski definition) is 1. The van der Waals surface area contributed by atoms with Gasteiger partial charge in [0, 0.05) is 23.7 Å². The van der Waals surface area contributed by atoms with E-state index in [2.05, 4.69) is 9.97 Å². The Morgan fingerprint density at radius 3 is 2.21 bits per heavy atom. The normalized spacial score (nSPS) is 10.6. The van der Waals surface area contributed by atoms with Crippen LogP contribution in [-0.2, 0) is 0 Å². The van der Waals surface area contributed by atoms with Gasteiger partial charge in [-0.15, -0.1) is 0 Å². The number of aromatic nitrogens is 2. The first-order chi connectivity index (χ1) is 6.65. The van der Waals surface area contributed by atoms with Gasteiger partial charge >= 0.3 is 0 Å². The van der Waals surface area contributed by atoms with Gasteiger partial charge in [-0.3, -0.25) is 0 Å². The van der Waals surface area contributed by atoms with Crippen LogP contribution in [0.4, 0.5) is 0 Å². The van der Waals surface area contributed by atoms with E-state index in [0.29, 0.717) is 0 Å². The minimum atomic E-state index is 0.233. The van der Waals surface area contributed by atoms with Crippen LogP contribution in [-0.4, -0.2) is 27.4 Å². The fraction of sp³-hybridized carbons (Fsp3) is 0.600. The van der Waals surface area contributed by atoms with E-state index < -0.39 is 0 Å². The summed E-state index contributed by atoms with van der Waals surface area (Å²) < 4.78 is 0. The number of nitrogens with zero attached hydrogens (tertiary/aromatic N) is 2. The first-order valence-corrected chi connectivity index (χ1v) is 5.69. The molecule has 3 nitrogen and oxygen atoms in total. The lowest BCUT2D eigenvalue weighted by molar-refractivity contribution is 0.296. The van der Waals surface area contributed by atoms with E-state index in [-0.39, 0.29) is 6.61 Å². The van der Waals surface area contributed by atoms with Crippen LogP contribution in [0.25, 0.3) is 0 Å². The Labute approximate surface area is 89.0 Å². The molecule has 0 amide bonds. The summed E-state index contributed by atoms with van der Waals surface area (Å²) in [6.07, 6.45) is 0.792. The molecule has 0 atom stereocenters. The average molecular weight is 212 g/mol. The summed E-state index contributed by atoms with van der Waals surface area (Å²) in [5, 5.41) is 9.46. The van der Waals surface area contributed by atoms with Gasteiger partial charge in [-0.05, 0) is 32.8 Å². The molecule has 0 saturated carbocycles. The van der Waals surface area contributed by atoms with Crippen molar-refractivity contribution in [1.29, 1.82) is 0 Å². The van der Waals surface area contributed by atoms with Crippen LogP contribution in [0.5, 0.6) is 0 Å². The maximum Gasteiger partial charge on any atom is 0.187 e. The van der Waals surface area contributed by atoms with E-state index in [1.807, 2.05) is 20.8 Å². The van der Waals surface area contributed by atoms with Gasteiger partial charge in [0.2, 0.25) is 0 Å². The largest absolute Gasteiger partial charge is 0.396 e. The monoisotopic (exact) mass is 212 g/mol. The van der Waals surface area contributed by atoms with Crippen LogP contribution in [0.15, 0.2) is 5.16 Å². The molecule has 0 saturated heterocycles. The number of rotatable bonds is 4. The van der Waals surface area contributed by atoms with Gasteiger partial charge in [0.05, 0.1) is 0 Å². The first kappa shape index (κ1) is 11.5. The van der Waals surface area contributed by atoms with Crippen molar-refractivity contribution in [3.63, 3.8) is 0 Å². The standard InChI is InChI=1S/C10H16N2OS/c1-7-8(2)11-10(12-9(7)3)14-6-4-5-13/h13H,4-6H2,1-3H3. The molecule has 0 aliphatic carbocycles. The second kappa shape index (κ2) is 5.32. The minimum Gasteiger partial charge on any atom is -0.396 e. The molecule has 78 valence electrons. The lowest BCUT2D eigenvalue weighted by Crippen LogP contribution is -1.98. The topological polar surface area (TPSA) is 46.0 Å². The molecule has 1 aromatic rings. The Kier molecular flexibility index (Phi) is 4.35. The summed E-state index contributed by atoms with van der Waals surface area (Å²) in [7, 11) is 0. The van der Waals surface area contributed by atoms with Crippen LogP contribution >= 0.6 is 11.8 Å². The molecule has 0 fully saturated rings. The molecule has 0 aromatic carbocycles. The lowest BCUT2D eigenvalue weighted by atomic mass is 10.2. The van der Waals surface area contributed by atoms with Crippen LogP contribution in [0.1, 0.15) is 23.4 Å². The summed E-state index contributed by atoms with van der Waals surface area (Å²) in [4.78, 5) is 8.75. The third kappa shape index (κ3) is 2.96. The van der Waals surface area contributed by atoms with Crippen LogP contribution in [0.2, 0.25) is 0 Å². The van der Waals surface area contributed by atoms with E-state index in [4.69, 9.17) is 5.11 Å². The summed E-state index contributed by atoms with van der Waals surface area (Å²) in [6, 6.07) is 0. The summed E-state index contributed by atoms with van der Waals surface area (Å²) in [6.45, 7) is 6.27. The second-order valence-corrected chi connectivity index (χ2v) is 4.29. The Morgan fingerprint density at radius 2 is 1.71 bits per heavy atom. The van der Waals surface area contributed by atoms with E-state index in [1.165, 1.54) is 0 Å². The first-order valence-electron chi connectivity index (χ1n) is 4.70. The molecule has 0 bridgehead atoms. The molecule has 14 heavy (non-hydrogen) atoms. The SMILES string of the molecule is Cc1nc(SCCCO)nc(C)c1C. The highest BCUT2D eigenvalue weighted by Gasteiger charge is 2.04. The van der Waals surface area contributed by atoms with E-state index >= 15 is 0 Å². The number of hydrogen-bond acceptors (Lipinski definition) is 4. The van der Waals surface area contributed by atoms with Crippen molar-refractivity contribution in [1.82, 2.24) is 9.97 Å². The van der Waals surface area contributed by atoms with Gasteiger partial charge in [0.1, 0.15) is 0 Å². The fourth-order valence-electron chi connectivity index (χ4n) is 1.03. The molecule has 0 aliphatic heterocycles. The Balaban J connectivity index is 2.69. The van der Waals surface area contributed by atoms with Crippen molar-refractivity contribution in [3.8, 4) is 0 Å². The predicted octanol–water partition coefficient (Wildman–Crippen LogP) is 1.88. The number of aryl methyl sites for hydroxylation is 2. The van der Waals surface area contributed by atoms with E-state index in [1.54, 1.807) is 11.8 Å². The van der Waals surface area contributed by atoms with Crippen molar-refractivity contribution in [2.24, 2.45) is 0 Å². The molecule has 0 spiro atoms. The molecule has 4 heteroatoms. The lowest BCUT2D eigenvalue weighted by Gasteiger charge is -2.05. The number of aliphatic hydroxyl groups is 1. The molecule has 1 aromatic heterocycles. The van der Waals surface area contributed by atoms with Gasteiger partial charge in [0.15, 0.2) is 5.16 Å². The van der Waals surface area contributed by atoms with Crippen LogP contribution < -0.4 is 0 Å². The van der Waals surface area contributed by atoms with Gasteiger partial charge < -0.3 is 5.11 Å². The quantitative estimate of drug-likeness (QED) is 0.470. The molecule has 1 heterocycles. The zero-order valence-corrected chi connectivity index (χ0v) is 9.69. The summed E-state index contributed by atoms with van der Waals surface area (Å²) in [5.74, 6) is 0.873. The van der Waals surface area contributed by atoms with Crippen LogP contribution in [0, 0.1) is 20.8 Å². The highest BCUT2D eigenvalue weighted by Crippen LogP contribution is 2.17. The second-order valence-electron chi connectivity index (χ2n) is 3.23. The van der Waals surface area contributed by atoms with Crippen molar-refractivity contribution in [2.45, 2.75) is 32.3 Å². The zero-order chi connectivity index (χ0) is 10.6. The van der Waals surface area contributed by atoms with E-state index in [0.717, 1.165) is 34.3 Å². The van der Waals surface area contributed by atoms with Gasteiger partial charge in [0.25, 0.3) is 0 Å². The van der Waals surface area contributed by atoms with E-state index in [9.17, 15) is 0 Å². The maximum absolute atomic E-state index is 8.64. The highest BCUT2D eigenvalue weighted by molar-refractivity contribution is 7.99. The molecular weight excluding hydrogens is 196 g/mol. The fourth-order valence-corrected chi connectivity index (χ4v) is 1.89. The van der Waals surface area contributed by atoms with Crippen molar-refractivity contribution >= 4 is 11.8 Å².